The van der Waals surface area contributed by atoms with Gasteiger partial charge < -0.3 is 48.3 Å². The number of carbonyl (C=O) groups is 4. The highest BCUT2D eigenvalue weighted by Crippen LogP contribution is 2.19. The fourth-order valence-corrected chi connectivity index (χ4v) is 4.63. The van der Waals surface area contributed by atoms with Crippen LogP contribution < -0.4 is 33.2 Å². The maximum absolute atomic E-state index is 13.5. The average Bonchev–Trinajstić information content (AvgIpc) is 3.39. The molecule has 0 aliphatic rings. The number of aromatic nitrogens is 1. The number of H-pyrrole nitrogens is 1. The molecule has 0 spiro atoms. The van der Waals surface area contributed by atoms with Crippen molar-refractivity contribution in [2.75, 3.05) is 6.54 Å². The van der Waals surface area contributed by atoms with Crippen LogP contribution in [0.4, 0.5) is 0 Å². The molecule has 12 N–H and O–H groups in total. The van der Waals surface area contributed by atoms with Gasteiger partial charge in [0.05, 0.1) is 12.1 Å². The van der Waals surface area contributed by atoms with E-state index in [1.807, 2.05) is 24.3 Å². The van der Waals surface area contributed by atoms with Crippen LogP contribution in [-0.4, -0.2) is 81.7 Å². The van der Waals surface area contributed by atoms with Gasteiger partial charge in [0.15, 0.2) is 5.96 Å². The van der Waals surface area contributed by atoms with Crippen molar-refractivity contribution in [3.8, 4) is 0 Å². The van der Waals surface area contributed by atoms with Gasteiger partial charge in [0.2, 0.25) is 17.7 Å². The van der Waals surface area contributed by atoms with Crippen molar-refractivity contribution in [2.24, 2.45) is 22.2 Å². The molecule has 0 aliphatic heterocycles. The van der Waals surface area contributed by atoms with Crippen LogP contribution in [-0.2, 0) is 32.0 Å². The quantitative estimate of drug-likeness (QED) is 0.0563. The van der Waals surface area contributed by atoms with Crippen LogP contribution in [0, 0.1) is 0 Å². The van der Waals surface area contributed by atoms with Crippen molar-refractivity contribution in [3.63, 3.8) is 0 Å². The van der Waals surface area contributed by atoms with Crippen molar-refractivity contribution in [2.45, 2.75) is 62.9 Å². The van der Waals surface area contributed by atoms with Crippen molar-refractivity contribution in [1.82, 2.24) is 20.9 Å². The molecule has 1 heterocycles. The summed E-state index contributed by atoms with van der Waals surface area (Å²) >= 11 is 0. The number of aliphatic carboxylic acids is 1. The topological polar surface area (TPSA) is 251 Å². The maximum atomic E-state index is 13.5. The van der Waals surface area contributed by atoms with E-state index < -0.39 is 54.0 Å². The minimum Gasteiger partial charge on any atom is -0.480 e. The predicted molar refractivity (Wildman–Crippen MR) is 165 cm³/mol. The number of aliphatic imine (C=N–C) groups is 1. The number of guanidine groups is 1. The summed E-state index contributed by atoms with van der Waals surface area (Å²) in [6.45, 7) is 1.57. The molecule has 0 aliphatic carbocycles. The third-order valence-electron chi connectivity index (χ3n) is 7.00. The highest BCUT2D eigenvalue weighted by molar-refractivity contribution is 5.94. The third kappa shape index (κ3) is 9.81. The van der Waals surface area contributed by atoms with Crippen LogP contribution in [0.2, 0.25) is 0 Å². The Morgan fingerprint density at radius 2 is 1.55 bits per heavy atom. The Bertz CT molecular complexity index is 1450. The number of fused-ring (bicyclic) bond motifs is 1. The number of rotatable bonds is 16. The molecule has 3 aromatic rings. The van der Waals surface area contributed by atoms with Gasteiger partial charge in [-0.15, -0.1) is 0 Å². The summed E-state index contributed by atoms with van der Waals surface area (Å²) in [6, 6.07) is 11.2. The fourth-order valence-electron chi connectivity index (χ4n) is 4.63. The van der Waals surface area contributed by atoms with Crippen LogP contribution in [0.25, 0.3) is 10.9 Å². The Hall–Kier alpha value is -4.95. The van der Waals surface area contributed by atoms with E-state index in [1.165, 1.54) is 6.92 Å². The molecular formula is C30H40N8O6. The van der Waals surface area contributed by atoms with Gasteiger partial charge >= 0.3 is 5.97 Å². The normalized spacial score (nSPS) is 14.4. The van der Waals surface area contributed by atoms with Crippen molar-refractivity contribution in [3.05, 3.63) is 71.9 Å². The second-order valence-corrected chi connectivity index (χ2v) is 10.5. The van der Waals surface area contributed by atoms with Gasteiger partial charge in [0, 0.05) is 36.5 Å². The lowest BCUT2D eigenvalue weighted by Gasteiger charge is -2.26. The molecule has 44 heavy (non-hydrogen) atoms. The highest BCUT2D eigenvalue weighted by atomic mass is 16.4. The Labute approximate surface area is 254 Å². The number of aliphatic hydroxyl groups is 1. The second-order valence-electron chi connectivity index (χ2n) is 10.5. The lowest BCUT2D eigenvalue weighted by Crippen LogP contribution is -2.60. The predicted octanol–water partition coefficient (Wildman–Crippen LogP) is -0.746. The zero-order chi connectivity index (χ0) is 32.2. The van der Waals surface area contributed by atoms with Crippen LogP contribution >= 0.6 is 0 Å². The molecule has 0 saturated carbocycles. The Balaban J connectivity index is 1.72. The number of carboxylic acid groups (broad SMARTS) is 1. The molecule has 236 valence electrons. The summed E-state index contributed by atoms with van der Waals surface area (Å²) in [4.78, 5) is 58.6. The number of hydrogen-bond acceptors (Lipinski definition) is 7. The number of carbonyl (C=O) groups excluding carboxylic acids is 3. The maximum Gasteiger partial charge on any atom is 0.326 e. The SMILES string of the molecule is CC(O)C(NC(=O)C(Cc1ccccc1)NC(=O)C(N)CCCN=C(N)N)C(=O)NC(Cc1c[nH]c2ccccc12)C(=O)O. The summed E-state index contributed by atoms with van der Waals surface area (Å²) < 4.78 is 0. The number of aliphatic hydroxyl groups excluding tert-OH is 1. The first-order chi connectivity index (χ1) is 21.0. The van der Waals surface area contributed by atoms with Crippen molar-refractivity contribution >= 4 is 40.6 Å². The standard InChI is InChI=1S/C30H40N8O6/c1-17(39)25(28(42)37-24(29(43)44)15-19-16-35-22-12-6-5-10-20(19)22)38-27(41)23(14-18-8-3-2-4-9-18)36-26(40)21(31)11-7-13-34-30(32)33/h2-6,8-10,12,16-17,21,23-25,35,39H,7,11,13-15,31H2,1H3,(H,36,40)(H,37,42)(H,38,41)(H,43,44)(H4,32,33,34). The van der Waals surface area contributed by atoms with Gasteiger partial charge in [-0.3, -0.25) is 19.4 Å². The summed E-state index contributed by atoms with van der Waals surface area (Å²) in [5.74, 6) is -3.64. The minimum absolute atomic E-state index is 0.0423. The average molecular weight is 609 g/mol. The van der Waals surface area contributed by atoms with Gasteiger partial charge in [-0.1, -0.05) is 48.5 Å². The Kier molecular flexibility index (Phi) is 12.2. The highest BCUT2D eigenvalue weighted by Gasteiger charge is 2.33. The molecule has 5 unspecified atom stereocenters. The first-order valence-corrected chi connectivity index (χ1v) is 14.2. The van der Waals surface area contributed by atoms with E-state index in [9.17, 15) is 29.4 Å². The van der Waals surface area contributed by atoms with E-state index in [4.69, 9.17) is 17.2 Å². The molecule has 0 fully saturated rings. The molecule has 0 bridgehead atoms. The van der Waals surface area contributed by atoms with Gasteiger partial charge in [-0.25, -0.2) is 4.79 Å². The summed E-state index contributed by atoms with van der Waals surface area (Å²) in [7, 11) is 0. The molecule has 3 rings (SSSR count). The Morgan fingerprint density at radius 3 is 2.20 bits per heavy atom. The monoisotopic (exact) mass is 608 g/mol. The molecule has 14 heteroatoms. The molecular weight excluding hydrogens is 568 g/mol. The smallest absolute Gasteiger partial charge is 0.326 e. The number of benzene rings is 2. The van der Waals surface area contributed by atoms with E-state index in [1.54, 1.807) is 36.5 Å². The van der Waals surface area contributed by atoms with Gasteiger partial charge in [-0.05, 0) is 37.0 Å². The first kappa shape index (κ1) is 33.6. The van der Waals surface area contributed by atoms with E-state index in [0.29, 0.717) is 12.0 Å². The molecule has 1 aromatic heterocycles. The van der Waals surface area contributed by atoms with E-state index in [-0.39, 0.29) is 31.8 Å². The number of hydrogen-bond donors (Lipinski definition) is 9. The van der Waals surface area contributed by atoms with E-state index in [2.05, 4.69) is 25.9 Å². The van der Waals surface area contributed by atoms with Crippen LogP contribution in [0.3, 0.4) is 0 Å². The van der Waals surface area contributed by atoms with Crippen LogP contribution in [0.5, 0.6) is 0 Å². The number of aromatic amines is 1. The number of nitrogens with zero attached hydrogens (tertiary/aromatic N) is 1. The molecule has 2 aromatic carbocycles. The minimum atomic E-state index is -1.52. The first-order valence-electron chi connectivity index (χ1n) is 14.2. The van der Waals surface area contributed by atoms with Crippen LogP contribution in [0.1, 0.15) is 30.9 Å². The molecule has 3 amide bonds. The number of nitrogens with two attached hydrogens (primary N) is 3. The van der Waals surface area contributed by atoms with E-state index in [0.717, 1.165) is 16.5 Å². The van der Waals surface area contributed by atoms with Crippen LogP contribution in [0.15, 0.2) is 65.8 Å². The zero-order valence-electron chi connectivity index (χ0n) is 24.4. The van der Waals surface area contributed by atoms with Crippen molar-refractivity contribution in [1.29, 1.82) is 0 Å². The lowest BCUT2D eigenvalue weighted by atomic mass is 10.0. The second kappa shape index (κ2) is 16.0. The van der Waals surface area contributed by atoms with E-state index >= 15 is 0 Å². The summed E-state index contributed by atoms with van der Waals surface area (Å²) in [5.41, 5.74) is 18.9. The number of carboxylic acids is 1. The molecule has 14 nitrogen and oxygen atoms in total. The lowest BCUT2D eigenvalue weighted by molar-refractivity contribution is -0.143. The van der Waals surface area contributed by atoms with Gasteiger partial charge in [0.1, 0.15) is 18.1 Å². The summed E-state index contributed by atoms with van der Waals surface area (Å²) in [6.07, 6.45) is 0.963. The molecule has 0 saturated heterocycles. The molecule has 0 radical (unpaired) electrons. The van der Waals surface area contributed by atoms with Crippen molar-refractivity contribution < 1.29 is 29.4 Å². The number of para-hydroxylation sites is 1. The third-order valence-corrected chi connectivity index (χ3v) is 7.00. The number of amides is 3. The summed E-state index contributed by atoms with van der Waals surface area (Å²) in [5, 5.41) is 28.6. The number of nitrogens with one attached hydrogen (secondary N) is 4. The van der Waals surface area contributed by atoms with Gasteiger partial charge in [-0.2, -0.15) is 0 Å². The largest absolute Gasteiger partial charge is 0.480 e. The Morgan fingerprint density at radius 1 is 0.886 bits per heavy atom. The van der Waals surface area contributed by atoms with Gasteiger partial charge in [0.25, 0.3) is 0 Å². The fraction of sp³-hybridized carbons (Fsp3) is 0.367. The molecule has 5 atom stereocenters. The zero-order valence-corrected chi connectivity index (χ0v) is 24.4.